The molecular formula is C24H31N3O2. The summed E-state index contributed by atoms with van der Waals surface area (Å²) in [5, 5.41) is 3.35. The van der Waals surface area contributed by atoms with E-state index in [1.54, 1.807) is 7.11 Å². The Kier molecular flexibility index (Phi) is 6.45. The molecule has 0 bridgehead atoms. The summed E-state index contributed by atoms with van der Waals surface area (Å²) in [6.45, 7) is 3.04. The number of piperidine rings is 1. The molecule has 4 rings (SSSR count). The zero-order valence-corrected chi connectivity index (χ0v) is 17.2. The predicted molar refractivity (Wildman–Crippen MR) is 113 cm³/mol. The normalized spacial score (nSPS) is 19.3. The van der Waals surface area contributed by atoms with E-state index in [2.05, 4.69) is 33.4 Å². The van der Waals surface area contributed by atoms with Crippen molar-refractivity contribution >= 4 is 5.91 Å². The molecule has 0 radical (unpaired) electrons. The van der Waals surface area contributed by atoms with Crippen molar-refractivity contribution in [1.29, 1.82) is 0 Å². The lowest BCUT2D eigenvalue weighted by Gasteiger charge is -2.37. The number of likely N-dealkylation sites (tertiary alicyclic amines) is 1. The van der Waals surface area contributed by atoms with Crippen molar-refractivity contribution in [2.75, 3.05) is 20.2 Å². The topological polar surface area (TPSA) is 54.5 Å². The third-order valence-corrected chi connectivity index (χ3v) is 6.45. The highest BCUT2D eigenvalue weighted by molar-refractivity contribution is 5.79. The van der Waals surface area contributed by atoms with Crippen LogP contribution in [-0.2, 0) is 11.3 Å². The van der Waals surface area contributed by atoms with Crippen LogP contribution in [0.4, 0.5) is 0 Å². The molecule has 1 aliphatic heterocycles. The van der Waals surface area contributed by atoms with Crippen molar-refractivity contribution in [1.82, 2.24) is 15.2 Å². The van der Waals surface area contributed by atoms with Gasteiger partial charge in [-0.2, -0.15) is 0 Å². The number of carbonyl (C=O) groups excluding carboxylic acids is 1. The summed E-state index contributed by atoms with van der Waals surface area (Å²) in [5.74, 6) is 1.75. The van der Waals surface area contributed by atoms with Crippen LogP contribution in [0.2, 0.25) is 0 Å². The summed E-state index contributed by atoms with van der Waals surface area (Å²) in [6, 6.07) is 14.4. The Morgan fingerprint density at radius 3 is 2.48 bits per heavy atom. The first-order chi connectivity index (χ1) is 14.2. The molecule has 2 heterocycles. The van der Waals surface area contributed by atoms with E-state index in [1.807, 2.05) is 30.5 Å². The Balaban J connectivity index is 1.37. The van der Waals surface area contributed by atoms with E-state index in [-0.39, 0.29) is 17.9 Å². The van der Waals surface area contributed by atoms with E-state index in [9.17, 15) is 4.79 Å². The number of carbonyl (C=O) groups is 1. The van der Waals surface area contributed by atoms with Crippen LogP contribution in [-0.4, -0.2) is 36.0 Å². The van der Waals surface area contributed by atoms with Gasteiger partial charge in [-0.15, -0.1) is 0 Å². The third-order valence-electron chi connectivity index (χ3n) is 6.45. The molecule has 2 fully saturated rings. The number of nitrogens with one attached hydrogen (secondary N) is 1. The highest BCUT2D eigenvalue weighted by Gasteiger charge is 2.33. The van der Waals surface area contributed by atoms with Gasteiger partial charge < -0.3 is 10.1 Å². The smallest absolute Gasteiger partial charge is 0.223 e. The quantitative estimate of drug-likeness (QED) is 0.774. The van der Waals surface area contributed by atoms with Gasteiger partial charge in [-0.1, -0.05) is 24.6 Å². The molecule has 1 aromatic carbocycles. The number of aromatic nitrogens is 1. The number of benzene rings is 1. The SMILES string of the molecule is COc1ccc(CN2CCC([C@H](NC(=O)C3CCC3)c3ccccn3)CC2)cc1. The van der Waals surface area contributed by atoms with Crippen molar-refractivity contribution in [2.45, 2.75) is 44.7 Å². The number of hydrogen-bond acceptors (Lipinski definition) is 4. The molecule has 1 saturated heterocycles. The summed E-state index contributed by atoms with van der Waals surface area (Å²) in [5.41, 5.74) is 2.30. The maximum atomic E-state index is 12.6. The molecule has 1 amide bonds. The van der Waals surface area contributed by atoms with Gasteiger partial charge in [0, 0.05) is 18.7 Å². The van der Waals surface area contributed by atoms with Crippen LogP contribution < -0.4 is 10.1 Å². The Morgan fingerprint density at radius 1 is 1.14 bits per heavy atom. The van der Waals surface area contributed by atoms with Crippen LogP contribution in [0.25, 0.3) is 0 Å². The lowest BCUT2D eigenvalue weighted by molar-refractivity contribution is -0.128. The van der Waals surface area contributed by atoms with Crippen molar-refractivity contribution in [2.24, 2.45) is 11.8 Å². The van der Waals surface area contributed by atoms with Gasteiger partial charge in [0.1, 0.15) is 5.75 Å². The van der Waals surface area contributed by atoms with E-state index < -0.39 is 0 Å². The molecule has 2 aromatic rings. The van der Waals surface area contributed by atoms with Gasteiger partial charge in [0.2, 0.25) is 5.91 Å². The van der Waals surface area contributed by atoms with E-state index in [0.717, 1.165) is 56.8 Å². The zero-order valence-electron chi connectivity index (χ0n) is 17.2. The first kappa shape index (κ1) is 19.9. The number of nitrogens with zero attached hydrogens (tertiary/aromatic N) is 2. The number of methoxy groups -OCH3 is 1. The number of pyridine rings is 1. The van der Waals surface area contributed by atoms with E-state index in [0.29, 0.717) is 5.92 Å². The van der Waals surface area contributed by atoms with Crippen LogP contribution in [0.1, 0.15) is 49.4 Å². The number of hydrogen-bond donors (Lipinski definition) is 1. The minimum absolute atomic E-state index is 0.0208. The summed E-state index contributed by atoms with van der Waals surface area (Å²) >= 11 is 0. The van der Waals surface area contributed by atoms with Crippen LogP contribution >= 0.6 is 0 Å². The molecule has 5 heteroatoms. The van der Waals surface area contributed by atoms with Gasteiger partial charge in [0.05, 0.1) is 18.8 Å². The summed E-state index contributed by atoms with van der Waals surface area (Å²) < 4.78 is 5.25. The predicted octanol–water partition coefficient (Wildman–Crippen LogP) is 3.96. The molecule has 1 N–H and O–H groups in total. The largest absolute Gasteiger partial charge is 0.497 e. The van der Waals surface area contributed by atoms with Gasteiger partial charge in [-0.05, 0) is 74.5 Å². The highest BCUT2D eigenvalue weighted by atomic mass is 16.5. The van der Waals surface area contributed by atoms with E-state index in [4.69, 9.17) is 4.74 Å². The van der Waals surface area contributed by atoms with Crippen LogP contribution in [0.5, 0.6) is 5.75 Å². The lowest BCUT2D eigenvalue weighted by Crippen LogP contribution is -2.43. The van der Waals surface area contributed by atoms with Gasteiger partial charge in [-0.25, -0.2) is 0 Å². The Bertz CT molecular complexity index is 782. The van der Waals surface area contributed by atoms with Gasteiger partial charge in [-0.3, -0.25) is 14.7 Å². The molecule has 1 aromatic heterocycles. The van der Waals surface area contributed by atoms with Crippen molar-refractivity contribution in [3.63, 3.8) is 0 Å². The van der Waals surface area contributed by atoms with Gasteiger partial charge >= 0.3 is 0 Å². The second-order valence-corrected chi connectivity index (χ2v) is 8.33. The summed E-state index contributed by atoms with van der Waals surface area (Å²) in [6.07, 6.45) is 7.21. The number of rotatable bonds is 7. The van der Waals surface area contributed by atoms with Crippen molar-refractivity contribution in [3.05, 3.63) is 59.9 Å². The molecule has 0 spiro atoms. The van der Waals surface area contributed by atoms with Crippen LogP contribution in [0.3, 0.4) is 0 Å². The standard InChI is InChI=1S/C24H31N3O2/c1-29-21-10-8-18(9-11-21)17-27-15-12-19(13-16-27)23(22-7-2-3-14-25-22)26-24(28)20-5-4-6-20/h2-3,7-11,14,19-20,23H,4-6,12-13,15-17H2,1H3,(H,26,28)/t23-/m0/s1. The Labute approximate surface area is 173 Å². The van der Waals surface area contributed by atoms with Gasteiger partial charge in [0.15, 0.2) is 0 Å². The molecule has 1 aliphatic carbocycles. The van der Waals surface area contributed by atoms with Crippen LogP contribution in [0.15, 0.2) is 48.7 Å². The van der Waals surface area contributed by atoms with Crippen molar-refractivity contribution in [3.8, 4) is 5.75 Å². The minimum atomic E-state index is 0.0208. The fourth-order valence-electron chi connectivity index (χ4n) is 4.37. The maximum absolute atomic E-state index is 12.6. The third kappa shape index (κ3) is 4.96. The lowest BCUT2D eigenvalue weighted by atomic mass is 9.83. The number of ether oxygens (including phenoxy) is 1. The molecular weight excluding hydrogens is 362 g/mol. The molecule has 0 unspecified atom stereocenters. The zero-order chi connectivity index (χ0) is 20.1. The van der Waals surface area contributed by atoms with Gasteiger partial charge in [0.25, 0.3) is 0 Å². The fraction of sp³-hybridized carbons (Fsp3) is 0.500. The average Bonchev–Trinajstić information content (AvgIpc) is 2.73. The highest BCUT2D eigenvalue weighted by Crippen LogP contribution is 2.33. The first-order valence-electron chi connectivity index (χ1n) is 10.8. The molecule has 2 aliphatic rings. The molecule has 5 nitrogen and oxygen atoms in total. The average molecular weight is 394 g/mol. The Morgan fingerprint density at radius 2 is 1.90 bits per heavy atom. The molecule has 1 saturated carbocycles. The minimum Gasteiger partial charge on any atom is -0.497 e. The number of amides is 1. The van der Waals surface area contributed by atoms with Crippen molar-refractivity contribution < 1.29 is 9.53 Å². The molecule has 1 atom stereocenters. The Hall–Kier alpha value is -2.40. The molecule has 154 valence electrons. The van der Waals surface area contributed by atoms with Crippen LogP contribution in [0, 0.1) is 11.8 Å². The summed E-state index contributed by atoms with van der Waals surface area (Å²) in [4.78, 5) is 19.7. The first-order valence-corrected chi connectivity index (χ1v) is 10.8. The monoisotopic (exact) mass is 393 g/mol. The second kappa shape index (κ2) is 9.40. The fourth-order valence-corrected chi connectivity index (χ4v) is 4.37. The second-order valence-electron chi connectivity index (χ2n) is 8.33. The molecule has 29 heavy (non-hydrogen) atoms. The summed E-state index contributed by atoms with van der Waals surface area (Å²) in [7, 11) is 1.70. The van der Waals surface area contributed by atoms with E-state index in [1.165, 1.54) is 12.0 Å². The van der Waals surface area contributed by atoms with E-state index >= 15 is 0 Å². The maximum Gasteiger partial charge on any atom is 0.223 e.